The molecule has 3 heterocycles. The van der Waals surface area contributed by atoms with Gasteiger partial charge >= 0.3 is 0 Å². The van der Waals surface area contributed by atoms with E-state index in [-0.39, 0.29) is 0 Å². The molecule has 0 N–H and O–H groups in total. The number of likely N-dealkylation sites (N-methyl/N-ethyl adjacent to an activating group) is 1. The van der Waals surface area contributed by atoms with Gasteiger partial charge in [-0.25, -0.2) is 0 Å². The second-order valence-corrected chi connectivity index (χ2v) is 5.44. The predicted molar refractivity (Wildman–Crippen MR) is 75.6 cm³/mol. The summed E-state index contributed by atoms with van der Waals surface area (Å²) in [4.78, 5) is 4.83. The Labute approximate surface area is 117 Å². The fourth-order valence-electron chi connectivity index (χ4n) is 2.45. The summed E-state index contributed by atoms with van der Waals surface area (Å²) in [6.45, 7) is 5.55. The molecule has 0 aliphatic carbocycles. The molecule has 6 heteroatoms. The zero-order valence-corrected chi connectivity index (χ0v) is 11.8. The molecule has 0 unspecified atom stereocenters. The number of rotatable bonds is 3. The van der Waals surface area contributed by atoms with Gasteiger partial charge in [-0.05, 0) is 19.2 Å². The van der Waals surface area contributed by atoms with Gasteiger partial charge in [0.2, 0.25) is 0 Å². The number of hydrogen-bond donors (Lipinski definition) is 0. The van der Waals surface area contributed by atoms with E-state index in [9.17, 15) is 0 Å². The Morgan fingerprint density at radius 1 is 1.16 bits per heavy atom. The van der Waals surface area contributed by atoms with Gasteiger partial charge in [0, 0.05) is 39.1 Å². The van der Waals surface area contributed by atoms with E-state index in [1.165, 1.54) is 0 Å². The van der Waals surface area contributed by atoms with Crippen LogP contribution in [0, 0.1) is 0 Å². The van der Waals surface area contributed by atoms with Crippen LogP contribution in [0.2, 0.25) is 5.15 Å². The predicted octanol–water partition coefficient (Wildman–Crippen LogP) is 1.17. The lowest BCUT2D eigenvalue weighted by Gasteiger charge is -2.32. The van der Waals surface area contributed by atoms with Gasteiger partial charge in [0.1, 0.15) is 11.0 Å². The van der Waals surface area contributed by atoms with Crippen LogP contribution in [0.5, 0.6) is 0 Å². The SMILES string of the molecule is CN1CCN(CCc2nnc3cccc(Cl)n23)CC1. The zero-order valence-electron chi connectivity index (χ0n) is 11.1. The van der Waals surface area contributed by atoms with Crippen molar-refractivity contribution in [1.29, 1.82) is 0 Å². The second kappa shape index (κ2) is 5.45. The molecule has 3 rings (SSSR count). The van der Waals surface area contributed by atoms with E-state index in [2.05, 4.69) is 27.0 Å². The summed E-state index contributed by atoms with van der Waals surface area (Å²) in [5.74, 6) is 0.944. The maximum Gasteiger partial charge on any atom is 0.161 e. The number of hydrogen-bond acceptors (Lipinski definition) is 4. The third-order valence-corrected chi connectivity index (χ3v) is 3.99. The van der Waals surface area contributed by atoms with Crippen molar-refractivity contribution in [1.82, 2.24) is 24.4 Å². The van der Waals surface area contributed by atoms with Crippen LogP contribution in [0.25, 0.3) is 5.65 Å². The number of piperazine rings is 1. The Kier molecular flexibility index (Phi) is 3.68. The first-order valence-corrected chi connectivity index (χ1v) is 7.01. The normalized spacial score (nSPS) is 18.2. The highest BCUT2D eigenvalue weighted by Gasteiger charge is 2.15. The fourth-order valence-corrected chi connectivity index (χ4v) is 2.71. The molecule has 0 spiro atoms. The molecular weight excluding hydrogens is 262 g/mol. The van der Waals surface area contributed by atoms with Gasteiger partial charge in [-0.1, -0.05) is 17.7 Å². The van der Waals surface area contributed by atoms with Gasteiger partial charge < -0.3 is 9.80 Å². The summed E-state index contributed by atoms with van der Waals surface area (Å²) in [5.41, 5.74) is 0.820. The summed E-state index contributed by atoms with van der Waals surface area (Å²) in [6, 6.07) is 5.70. The molecule has 0 amide bonds. The second-order valence-electron chi connectivity index (χ2n) is 5.05. The Hall–Kier alpha value is -1.17. The van der Waals surface area contributed by atoms with Crippen LogP contribution < -0.4 is 0 Å². The summed E-state index contributed by atoms with van der Waals surface area (Å²) >= 11 is 6.21. The molecule has 102 valence electrons. The van der Waals surface area contributed by atoms with Crippen molar-refractivity contribution in [3.63, 3.8) is 0 Å². The highest BCUT2D eigenvalue weighted by Crippen LogP contribution is 2.14. The topological polar surface area (TPSA) is 36.7 Å². The van der Waals surface area contributed by atoms with Crippen molar-refractivity contribution in [3.8, 4) is 0 Å². The van der Waals surface area contributed by atoms with Gasteiger partial charge in [-0.3, -0.25) is 4.40 Å². The largest absolute Gasteiger partial charge is 0.304 e. The van der Waals surface area contributed by atoms with Crippen LogP contribution in [0.4, 0.5) is 0 Å². The highest BCUT2D eigenvalue weighted by atomic mass is 35.5. The Morgan fingerprint density at radius 2 is 1.95 bits per heavy atom. The third-order valence-electron chi connectivity index (χ3n) is 3.70. The van der Waals surface area contributed by atoms with Crippen LogP contribution in [-0.4, -0.2) is 64.2 Å². The van der Waals surface area contributed by atoms with Crippen molar-refractivity contribution in [2.45, 2.75) is 6.42 Å². The lowest BCUT2D eigenvalue weighted by atomic mass is 10.3. The van der Waals surface area contributed by atoms with Crippen LogP contribution >= 0.6 is 11.6 Å². The van der Waals surface area contributed by atoms with Crippen molar-refractivity contribution in [3.05, 3.63) is 29.2 Å². The fraction of sp³-hybridized carbons (Fsp3) is 0.538. The molecule has 1 saturated heterocycles. The quantitative estimate of drug-likeness (QED) is 0.791. The molecule has 5 nitrogen and oxygen atoms in total. The molecule has 19 heavy (non-hydrogen) atoms. The molecule has 0 atom stereocenters. The average Bonchev–Trinajstić information content (AvgIpc) is 2.83. The van der Waals surface area contributed by atoms with Crippen molar-refractivity contribution < 1.29 is 0 Å². The van der Waals surface area contributed by atoms with Gasteiger partial charge in [-0.2, -0.15) is 0 Å². The maximum absolute atomic E-state index is 6.21. The van der Waals surface area contributed by atoms with Crippen LogP contribution in [0.15, 0.2) is 18.2 Å². The van der Waals surface area contributed by atoms with Crippen molar-refractivity contribution in [2.24, 2.45) is 0 Å². The van der Waals surface area contributed by atoms with E-state index >= 15 is 0 Å². The molecule has 1 aliphatic heterocycles. The summed E-state index contributed by atoms with van der Waals surface area (Å²) in [7, 11) is 2.17. The van der Waals surface area contributed by atoms with E-state index in [0.29, 0.717) is 5.15 Å². The first-order chi connectivity index (χ1) is 9.24. The van der Waals surface area contributed by atoms with Gasteiger partial charge in [-0.15, -0.1) is 10.2 Å². The van der Waals surface area contributed by atoms with Gasteiger partial charge in [0.05, 0.1) is 0 Å². The molecule has 0 saturated carbocycles. The van der Waals surface area contributed by atoms with Gasteiger partial charge in [0.15, 0.2) is 5.65 Å². The van der Waals surface area contributed by atoms with E-state index in [1.807, 2.05) is 22.6 Å². The molecule has 1 aliphatic rings. The molecule has 2 aromatic heterocycles. The zero-order chi connectivity index (χ0) is 13.2. The monoisotopic (exact) mass is 279 g/mol. The number of pyridine rings is 1. The van der Waals surface area contributed by atoms with E-state index < -0.39 is 0 Å². The standard InChI is InChI=1S/C13H18ClN5/c1-17-7-9-18(10-8-17)6-5-13-16-15-12-4-2-3-11(14)19(12)13/h2-4H,5-10H2,1H3. The minimum absolute atomic E-state index is 0.677. The van der Waals surface area contributed by atoms with Crippen LogP contribution in [0.3, 0.4) is 0 Å². The maximum atomic E-state index is 6.21. The third kappa shape index (κ3) is 2.73. The number of aromatic nitrogens is 3. The average molecular weight is 280 g/mol. The van der Waals surface area contributed by atoms with Crippen LogP contribution in [-0.2, 0) is 6.42 Å². The smallest absolute Gasteiger partial charge is 0.161 e. The molecule has 2 aromatic rings. The molecule has 0 aromatic carbocycles. The Balaban J connectivity index is 1.69. The summed E-state index contributed by atoms with van der Waals surface area (Å²) in [6.07, 6.45) is 0.884. The summed E-state index contributed by atoms with van der Waals surface area (Å²) < 4.78 is 1.93. The number of halogens is 1. The highest BCUT2D eigenvalue weighted by molar-refractivity contribution is 6.29. The Bertz CT molecular complexity index is 559. The first kappa shape index (κ1) is 12.8. The minimum Gasteiger partial charge on any atom is -0.304 e. The lowest BCUT2D eigenvalue weighted by Crippen LogP contribution is -2.45. The Morgan fingerprint density at radius 3 is 2.74 bits per heavy atom. The lowest BCUT2D eigenvalue weighted by molar-refractivity contribution is 0.155. The van der Waals surface area contributed by atoms with Crippen molar-refractivity contribution in [2.75, 3.05) is 39.8 Å². The van der Waals surface area contributed by atoms with E-state index in [1.54, 1.807) is 0 Å². The van der Waals surface area contributed by atoms with E-state index in [0.717, 1.165) is 50.6 Å². The summed E-state index contributed by atoms with van der Waals surface area (Å²) in [5, 5.41) is 9.08. The van der Waals surface area contributed by atoms with E-state index in [4.69, 9.17) is 11.6 Å². The number of fused-ring (bicyclic) bond motifs is 1. The molecule has 1 fully saturated rings. The molecule has 0 bridgehead atoms. The minimum atomic E-state index is 0.677. The van der Waals surface area contributed by atoms with Gasteiger partial charge in [0.25, 0.3) is 0 Å². The van der Waals surface area contributed by atoms with Crippen LogP contribution in [0.1, 0.15) is 5.82 Å². The van der Waals surface area contributed by atoms with Crippen molar-refractivity contribution >= 4 is 17.2 Å². The molecular formula is C13H18ClN5. The first-order valence-electron chi connectivity index (χ1n) is 6.63. The number of nitrogens with zero attached hydrogens (tertiary/aromatic N) is 5. The molecule has 0 radical (unpaired) electrons.